The van der Waals surface area contributed by atoms with Crippen LogP contribution in [0.2, 0.25) is 5.02 Å². The third kappa shape index (κ3) is 3.66. The van der Waals surface area contributed by atoms with Crippen LogP contribution in [0.5, 0.6) is 0 Å². The van der Waals surface area contributed by atoms with Gasteiger partial charge in [-0.15, -0.1) is 11.3 Å². The maximum atomic E-state index is 10.7. The number of hydrogen-bond donors (Lipinski definition) is 4. The van der Waals surface area contributed by atoms with Crippen molar-refractivity contribution in [3.8, 4) is 0 Å². The highest BCUT2D eigenvalue weighted by molar-refractivity contribution is 7.19. The number of ether oxygens (including phenoxy) is 2. The molecule has 0 amide bonds. The smallest absolute Gasteiger partial charge is 0.224 e. The van der Waals surface area contributed by atoms with Crippen LogP contribution in [0.4, 0.5) is 0 Å². The summed E-state index contributed by atoms with van der Waals surface area (Å²) < 4.78 is 12.5. The molecule has 0 bridgehead atoms. The van der Waals surface area contributed by atoms with Crippen molar-refractivity contribution >= 4 is 33.0 Å². The van der Waals surface area contributed by atoms with Crippen molar-refractivity contribution in [2.75, 3.05) is 13.7 Å². The second-order valence-electron chi connectivity index (χ2n) is 7.37. The number of methoxy groups -OCH3 is 1. The van der Waals surface area contributed by atoms with Crippen LogP contribution >= 0.6 is 22.9 Å². The highest BCUT2D eigenvalue weighted by Crippen LogP contribution is 2.40. The lowest BCUT2D eigenvalue weighted by atomic mass is 9.87. The lowest BCUT2D eigenvalue weighted by molar-refractivity contribution is -0.366. The molecule has 4 rings (SSSR count). The summed E-state index contributed by atoms with van der Waals surface area (Å²) in [5.41, 5.74) is 1.23. The SMILES string of the molecule is CO[C@@]1(c2ccc(Cl)c(Cc3cc4ccccc4s3)c2)O[C@H](CO)[C@@H](O)[C@H](O)[C@H]1O. The molecule has 6 nitrogen and oxygen atoms in total. The van der Waals surface area contributed by atoms with Crippen molar-refractivity contribution in [1.82, 2.24) is 0 Å². The number of aliphatic hydroxyl groups is 4. The summed E-state index contributed by atoms with van der Waals surface area (Å²) in [5, 5.41) is 42.3. The van der Waals surface area contributed by atoms with Gasteiger partial charge in [0, 0.05) is 33.7 Å². The van der Waals surface area contributed by atoms with E-state index in [2.05, 4.69) is 18.2 Å². The normalized spacial score (nSPS) is 29.4. The zero-order valence-corrected chi connectivity index (χ0v) is 17.8. The zero-order valence-electron chi connectivity index (χ0n) is 16.2. The Morgan fingerprint density at radius 2 is 1.87 bits per heavy atom. The van der Waals surface area contributed by atoms with E-state index in [0.717, 1.165) is 15.8 Å². The fourth-order valence-corrected chi connectivity index (χ4v) is 5.18. The minimum atomic E-state index is -1.76. The Morgan fingerprint density at radius 1 is 1.10 bits per heavy atom. The van der Waals surface area contributed by atoms with E-state index in [0.29, 0.717) is 17.0 Å². The Labute approximate surface area is 182 Å². The van der Waals surface area contributed by atoms with Crippen LogP contribution in [-0.4, -0.2) is 58.6 Å². The number of rotatable bonds is 5. The largest absolute Gasteiger partial charge is 0.394 e. The van der Waals surface area contributed by atoms with Gasteiger partial charge in [0.25, 0.3) is 0 Å². The molecule has 1 aliphatic heterocycles. The van der Waals surface area contributed by atoms with Crippen molar-refractivity contribution in [3.63, 3.8) is 0 Å². The van der Waals surface area contributed by atoms with Gasteiger partial charge in [0.15, 0.2) is 0 Å². The van der Waals surface area contributed by atoms with E-state index >= 15 is 0 Å². The molecule has 1 saturated heterocycles. The highest BCUT2D eigenvalue weighted by atomic mass is 35.5. The molecule has 2 heterocycles. The molecule has 30 heavy (non-hydrogen) atoms. The number of halogens is 1. The van der Waals surface area contributed by atoms with Crippen molar-refractivity contribution < 1.29 is 29.9 Å². The summed E-state index contributed by atoms with van der Waals surface area (Å²) >= 11 is 8.12. The lowest BCUT2D eigenvalue weighted by Gasteiger charge is -2.47. The summed E-state index contributed by atoms with van der Waals surface area (Å²) in [6.45, 7) is -0.543. The molecule has 5 atom stereocenters. The average molecular weight is 451 g/mol. The van der Waals surface area contributed by atoms with Crippen LogP contribution in [0, 0.1) is 0 Å². The van der Waals surface area contributed by atoms with Crippen LogP contribution in [-0.2, 0) is 21.7 Å². The van der Waals surface area contributed by atoms with Crippen LogP contribution in [0.1, 0.15) is 16.0 Å². The Balaban J connectivity index is 1.72. The van der Waals surface area contributed by atoms with E-state index in [1.54, 1.807) is 29.5 Å². The molecule has 0 unspecified atom stereocenters. The second-order valence-corrected chi connectivity index (χ2v) is 8.95. The first-order chi connectivity index (χ1) is 14.4. The highest BCUT2D eigenvalue weighted by Gasteiger charge is 2.55. The fraction of sp³-hybridized carbons (Fsp3) is 0.364. The quantitative estimate of drug-likeness (QED) is 0.476. The second kappa shape index (κ2) is 8.53. The van der Waals surface area contributed by atoms with Gasteiger partial charge >= 0.3 is 0 Å². The third-order valence-corrected chi connectivity index (χ3v) is 7.03. The molecule has 4 N–H and O–H groups in total. The molecular formula is C22H23ClO6S. The topological polar surface area (TPSA) is 99.4 Å². The first-order valence-electron chi connectivity index (χ1n) is 9.54. The van der Waals surface area contributed by atoms with Gasteiger partial charge < -0.3 is 29.9 Å². The molecule has 3 aromatic rings. The maximum Gasteiger partial charge on any atom is 0.224 e. The summed E-state index contributed by atoms with van der Waals surface area (Å²) in [6.07, 6.45) is -5.13. The average Bonchev–Trinajstić information content (AvgIpc) is 3.17. The molecule has 1 aromatic heterocycles. The number of benzene rings is 2. The molecule has 1 aliphatic rings. The molecule has 0 saturated carbocycles. The Bertz CT molecular complexity index is 1000. The van der Waals surface area contributed by atoms with Gasteiger partial charge in [0.1, 0.15) is 24.4 Å². The van der Waals surface area contributed by atoms with Gasteiger partial charge in [-0.3, -0.25) is 0 Å². The molecule has 8 heteroatoms. The Kier molecular flexibility index (Phi) is 6.16. The minimum absolute atomic E-state index is 0.433. The predicted molar refractivity (Wildman–Crippen MR) is 115 cm³/mol. The van der Waals surface area contributed by atoms with Crippen molar-refractivity contribution in [2.24, 2.45) is 0 Å². The standard InChI is InChI=1S/C22H23ClO6S/c1-28-22(21(27)20(26)19(25)17(11-24)29-22)14-6-7-16(23)13(8-14)10-15-9-12-4-2-3-5-18(12)30-15/h2-9,17,19-21,24-27H,10-11H2,1H3/t17-,19-,20+,21-,22+/m1/s1. The van der Waals surface area contributed by atoms with E-state index in [1.807, 2.05) is 12.1 Å². The fourth-order valence-electron chi connectivity index (χ4n) is 3.91. The van der Waals surface area contributed by atoms with Gasteiger partial charge in [-0.1, -0.05) is 35.9 Å². The minimum Gasteiger partial charge on any atom is -0.394 e. The van der Waals surface area contributed by atoms with Crippen molar-refractivity contribution in [3.05, 3.63) is 69.6 Å². The number of fused-ring (bicyclic) bond motifs is 1. The first-order valence-corrected chi connectivity index (χ1v) is 10.7. The molecule has 160 valence electrons. The molecule has 0 aliphatic carbocycles. The monoisotopic (exact) mass is 450 g/mol. The van der Waals surface area contributed by atoms with E-state index in [1.165, 1.54) is 11.8 Å². The maximum absolute atomic E-state index is 10.7. The van der Waals surface area contributed by atoms with Crippen LogP contribution in [0.25, 0.3) is 10.1 Å². The van der Waals surface area contributed by atoms with Crippen molar-refractivity contribution in [2.45, 2.75) is 36.6 Å². The summed E-state index contributed by atoms with van der Waals surface area (Å²) in [6, 6.07) is 15.3. The summed E-state index contributed by atoms with van der Waals surface area (Å²) in [4.78, 5) is 1.12. The molecule has 0 radical (unpaired) electrons. The third-order valence-electron chi connectivity index (χ3n) is 5.54. The molecule has 2 aromatic carbocycles. The molecule has 1 fully saturated rings. The number of thiophene rings is 1. The van der Waals surface area contributed by atoms with Crippen LogP contribution < -0.4 is 0 Å². The van der Waals surface area contributed by atoms with Crippen molar-refractivity contribution in [1.29, 1.82) is 0 Å². The van der Waals surface area contributed by atoms with E-state index < -0.39 is 36.8 Å². The lowest BCUT2D eigenvalue weighted by Crippen LogP contribution is -2.64. The Morgan fingerprint density at radius 3 is 2.57 bits per heavy atom. The van der Waals surface area contributed by atoms with E-state index in [4.69, 9.17) is 21.1 Å². The summed E-state index contributed by atoms with van der Waals surface area (Å²) in [7, 11) is 1.34. The zero-order chi connectivity index (χ0) is 21.5. The van der Waals surface area contributed by atoms with Gasteiger partial charge in [-0.05, 0) is 35.2 Å². The summed E-state index contributed by atoms with van der Waals surface area (Å²) in [5.74, 6) is -1.76. The number of aliphatic hydroxyl groups excluding tert-OH is 4. The molecule has 0 spiro atoms. The van der Waals surface area contributed by atoms with Gasteiger partial charge in [-0.2, -0.15) is 0 Å². The van der Waals surface area contributed by atoms with Crippen LogP contribution in [0.15, 0.2) is 48.5 Å². The van der Waals surface area contributed by atoms with Crippen LogP contribution in [0.3, 0.4) is 0 Å². The van der Waals surface area contributed by atoms with Gasteiger partial charge in [0.2, 0.25) is 5.79 Å². The Hall–Kier alpha value is -1.55. The predicted octanol–water partition coefficient (Wildman–Crippen LogP) is 2.42. The van der Waals surface area contributed by atoms with E-state index in [-0.39, 0.29) is 0 Å². The number of hydrogen-bond acceptors (Lipinski definition) is 7. The van der Waals surface area contributed by atoms with Gasteiger partial charge in [0.05, 0.1) is 6.61 Å². The molecular weight excluding hydrogens is 428 g/mol. The van der Waals surface area contributed by atoms with E-state index in [9.17, 15) is 20.4 Å². The van der Waals surface area contributed by atoms with Gasteiger partial charge in [-0.25, -0.2) is 0 Å². The first kappa shape index (κ1) is 21.7.